The van der Waals surface area contributed by atoms with Gasteiger partial charge in [0.25, 0.3) is 0 Å². The van der Waals surface area contributed by atoms with E-state index in [4.69, 9.17) is 5.73 Å². The summed E-state index contributed by atoms with van der Waals surface area (Å²) in [5, 5.41) is 0. The van der Waals surface area contributed by atoms with Gasteiger partial charge in [-0.25, -0.2) is 0 Å². The van der Waals surface area contributed by atoms with Crippen molar-refractivity contribution in [2.24, 2.45) is 11.7 Å². The summed E-state index contributed by atoms with van der Waals surface area (Å²) < 4.78 is 0. The molecule has 0 fully saturated rings. The lowest BCUT2D eigenvalue weighted by atomic mass is 10.0. The number of nitrogens with two attached hydrogens (primary N) is 1. The Kier molecular flexibility index (Phi) is 4.79. The smallest absolute Gasteiger partial charge is 0.00189 e. The summed E-state index contributed by atoms with van der Waals surface area (Å²) in [6.45, 7) is 5.22. The molecule has 0 saturated carbocycles. The number of rotatable bonds is 6. The van der Waals surface area contributed by atoms with Crippen molar-refractivity contribution in [3.05, 3.63) is 34.9 Å². The Morgan fingerprint density at radius 1 is 1.28 bits per heavy atom. The van der Waals surface area contributed by atoms with E-state index in [-0.39, 0.29) is 0 Å². The van der Waals surface area contributed by atoms with E-state index in [0.717, 1.165) is 26.1 Å². The van der Waals surface area contributed by atoms with Gasteiger partial charge in [-0.3, -0.25) is 0 Å². The molecule has 1 aliphatic carbocycles. The maximum absolute atomic E-state index is 5.66. The van der Waals surface area contributed by atoms with Crippen LogP contribution in [0.3, 0.4) is 0 Å². The minimum atomic E-state index is 0.593. The van der Waals surface area contributed by atoms with Crippen molar-refractivity contribution >= 4 is 0 Å². The second-order valence-electron chi connectivity index (χ2n) is 5.81. The summed E-state index contributed by atoms with van der Waals surface area (Å²) in [4.78, 5) is 2.39. The van der Waals surface area contributed by atoms with Crippen LogP contribution in [0.1, 0.15) is 30.0 Å². The lowest BCUT2D eigenvalue weighted by Gasteiger charge is -2.20. The van der Waals surface area contributed by atoms with E-state index < -0.39 is 0 Å². The zero-order valence-corrected chi connectivity index (χ0v) is 11.8. The molecule has 1 atom stereocenters. The van der Waals surface area contributed by atoms with E-state index in [1.807, 2.05) is 0 Å². The van der Waals surface area contributed by atoms with Crippen molar-refractivity contribution in [3.8, 4) is 0 Å². The van der Waals surface area contributed by atoms with Gasteiger partial charge in [0.15, 0.2) is 0 Å². The number of aryl methyl sites for hydroxylation is 2. The second-order valence-corrected chi connectivity index (χ2v) is 5.81. The molecule has 1 aliphatic rings. The predicted octanol–water partition coefficient (Wildman–Crippen LogP) is 2.24. The Balaban J connectivity index is 1.83. The van der Waals surface area contributed by atoms with E-state index >= 15 is 0 Å². The molecular weight excluding hydrogens is 220 g/mol. The molecule has 1 unspecified atom stereocenters. The summed E-state index contributed by atoms with van der Waals surface area (Å²) >= 11 is 0. The highest BCUT2D eigenvalue weighted by molar-refractivity contribution is 5.35. The van der Waals surface area contributed by atoms with E-state index in [1.165, 1.54) is 24.8 Å². The van der Waals surface area contributed by atoms with Crippen LogP contribution in [0.15, 0.2) is 18.2 Å². The molecule has 1 aromatic rings. The predicted molar refractivity (Wildman–Crippen MR) is 77.9 cm³/mol. The van der Waals surface area contributed by atoms with Crippen LogP contribution in [0.5, 0.6) is 0 Å². The Morgan fingerprint density at radius 3 is 2.83 bits per heavy atom. The van der Waals surface area contributed by atoms with Gasteiger partial charge in [-0.2, -0.15) is 0 Å². The van der Waals surface area contributed by atoms with E-state index in [9.17, 15) is 0 Å². The SMILES string of the molecule is CC(CN)CN(C)CCc1ccc2c(c1)CCC2. The van der Waals surface area contributed by atoms with E-state index in [1.54, 1.807) is 11.1 Å². The third-order valence-electron chi connectivity index (χ3n) is 3.97. The fourth-order valence-corrected chi connectivity index (χ4v) is 2.80. The monoisotopic (exact) mass is 246 g/mol. The molecule has 0 amide bonds. The van der Waals surface area contributed by atoms with Crippen LogP contribution in [-0.2, 0) is 19.3 Å². The summed E-state index contributed by atoms with van der Waals surface area (Å²) in [5.41, 5.74) is 10.3. The largest absolute Gasteiger partial charge is 0.330 e. The molecule has 0 radical (unpaired) electrons. The maximum atomic E-state index is 5.66. The summed E-state index contributed by atoms with van der Waals surface area (Å²) in [7, 11) is 2.19. The highest BCUT2D eigenvalue weighted by Gasteiger charge is 2.11. The first-order chi connectivity index (χ1) is 8.69. The quantitative estimate of drug-likeness (QED) is 0.834. The molecule has 0 heterocycles. The number of hydrogen-bond donors (Lipinski definition) is 1. The highest BCUT2D eigenvalue weighted by Crippen LogP contribution is 2.23. The molecule has 2 N–H and O–H groups in total. The number of fused-ring (bicyclic) bond motifs is 1. The number of benzene rings is 1. The van der Waals surface area contributed by atoms with Crippen LogP contribution in [0.2, 0.25) is 0 Å². The highest BCUT2D eigenvalue weighted by atomic mass is 15.1. The van der Waals surface area contributed by atoms with Crippen molar-refractivity contribution in [1.29, 1.82) is 0 Å². The second kappa shape index (κ2) is 6.35. The molecule has 2 heteroatoms. The third-order valence-corrected chi connectivity index (χ3v) is 3.97. The van der Waals surface area contributed by atoms with Gasteiger partial charge in [-0.15, -0.1) is 0 Å². The molecule has 0 aliphatic heterocycles. The fourth-order valence-electron chi connectivity index (χ4n) is 2.80. The van der Waals surface area contributed by atoms with Crippen molar-refractivity contribution < 1.29 is 0 Å². The van der Waals surface area contributed by atoms with Crippen LogP contribution < -0.4 is 5.73 Å². The average Bonchev–Trinajstić information content (AvgIpc) is 2.83. The molecule has 2 rings (SSSR count). The van der Waals surface area contributed by atoms with Crippen LogP contribution in [0, 0.1) is 5.92 Å². The molecule has 0 bridgehead atoms. The zero-order chi connectivity index (χ0) is 13.0. The Bertz CT molecular complexity index is 387. The van der Waals surface area contributed by atoms with Crippen LogP contribution in [0.25, 0.3) is 0 Å². The first-order valence-corrected chi connectivity index (χ1v) is 7.18. The van der Waals surface area contributed by atoms with Gasteiger partial charge in [0.05, 0.1) is 0 Å². The van der Waals surface area contributed by atoms with Gasteiger partial charge < -0.3 is 10.6 Å². The van der Waals surface area contributed by atoms with Crippen molar-refractivity contribution in [2.75, 3.05) is 26.7 Å². The van der Waals surface area contributed by atoms with Gasteiger partial charge in [0, 0.05) is 13.1 Å². The van der Waals surface area contributed by atoms with Crippen LogP contribution in [0.4, 0.5) is 0 Å². The van der Waals surface area contributed by atoms with Crippen LogP contribution in [-0.4, -0.2) is 31.6 Å². The molecule has 100 valence electrons. The molecule has 0 spiro atoms. The average molecular weight is 246 g/mol. The topological polar surface area (TPSA) is 29.3 Å². The summed E-state index contributed by atoms with van der Waals surface area (Å²) in [6, 6.07) is 7.06. The van der Waals surface area contributed by atoms with Gasteiger partial charge >= 0.3 is 0 Å². The normalized spacial score (nSPS) is 16.0. The fraction of sp³-hybridized carbons (Fsp3) is 0.625. The zero-order valence-electron chi connectivity index (χ0n) is 11.8. The first-order valence-electron chi connectivity index (χ1n) is 7.18. The number of nitrogens with zero attached hydrogens (tertiary/aromatic N) is 1. The molecule has 1 aromatic carbocycles. The van der Waals surface area contributed by atoms with Crippen molar-refractivity contribution in [1.82, 2.24) is 4.90 Å². The third kappa shape index (κ3) is 3.56. The minimum absolute atomic E-state index is 0.593. The number of hydrogen-bond acceptors (Lipinski definition) is 2. The molecule has 2 nitrogen and oxygen atoms in total. The minimum Gasteiger partial charge on any atom is -0.330 e. The standard InChI is InChI=1S/C16H26N2/c1-13(11-17)12-18(2)9-8-14-6-7-15-4-3-5-16(15)10-14/h6-7,10,13H,3-5,8-9,11-12,17H2,1-2H3. The Labute approximate surface area is 111 Å². The van der Waals surface area contributed by atoms with Gasteiger partial charge in [-0.05, 0) is 61.9 Å². The van der Waals surface area contributed by atoms with Crippen LogP contribution >= 0.6 is 0 Å². The molecule has 0 aromatic heterocycles. The van der Waals surface area contributed by atoms with E-state index in [2.05, 4.69) is 37.1 Å². The summed E-state index contributed by atoms with van der Waals surface area (Å²) in [6.07, 6.45) is 5.06. The lowest BCUT2D eigenvalue weighted by Crippen LogP contribution is -2.30. The first kappa shape index (κ1) is 13.6. The lowest BCUT2D eigenvalue weighted by molar-refractivity contribution is 0.292. The van der Waals surface area contributed by atoms with E-state index in [0.29, 0.717) is 5.92 Å². The van der Waals surface area contributed by atoms with Gasteiger partial charge in [0.2, 0.25) is 0 Å². The van der Waals surface area contributed by atoms with Gasteiger partial charge in [-0.1, -0.05) is 25.1 Å². The Morgan fingerprint density at radius 2 is 2.06 bits per heavy atom. The van der Waals surface area contributed by atoms with Gasteiger partial charge in [0.1, 0.15) is 0 Å². The van der Waals surface area contributed by atoms with Crippen molar-refractivity contribution in [2.45, 2.75) is 32.6 Å². The molecule has 18 heavy (non-hydrogen) atoms. The molecule has 0 saturated heterocycles. The van der Waals surface area contributed by atoms with Crippen molar-refractivity contribution in [3.63, 3.8) is 0 Å². The summed E-state index contributed by atoms with van der Waals surface area (Å²) in [5.74, 6) is 0.593. The molecular formula is C16H26N2. The maximum Gasteiger partial charge on any atom is 0.00189 e. The Hall–Kier alpha value is -0.860. The number of likely N-dealkylation sites (N-methyl/N-ethyl adjacent to an activating group) is 1.